The van der Waals surface area contributed by atoms with Gasteiger partial charge < -0.3 is 9.84 Å². The lowest BCUT2D eigenvalue weighted by Crippen LogP contribution is -2.26. The zero-order valence-electron chi connectivity index (χ0n) is 16.6. The average molecular weight is 429 g/mol. The van der Waals surface area contributed by atoms with Gasteiger partial charge in [0.2, 0.25) is 0 Å². The number of aliphatic carboxylic acids is 1. The largest absolute Gasteiger partial charge is 0.493 e. The Morgan fingerprint density at radius 1 is 1.34 bits per heavy atom. The Bertz CT molecular complexity index is 905. The van der Waals surface area contributed by atoms with Crippen LogP contribution in [-0.4, -0.2) is 40.4 Å². The maximum absolute atomic E-state index is 10.9. The first-order valence-corrected chi connectivity index (χ1v) is 11.9. The van der Waals surface area contributed by atoms with E-state index in [4.69, 9.17) is 9.84 Å². The topological polar surface area (TPSA) is 72.3 Å². The molecule has 0 amide bonds. The molecule has 2 heterocycles. The lowest BCUT2D eigenvalue weighted by atomic mass is 9.97. The number of carboxylic acids is 1. The zero-order valence-corrected chi connectivity index (χ0v) is 18.2. The highest BCUT2D eigenvalue weighted by molar-refractivity contribution is 8.16. The molecule has 1 N–H and O–H groups in total. The van der Waals surface area contributed by atoms with Crippen LogP contribution < -0.4 is 4.74 Å². The minimum absolute atomic E-state index is 0.0168. The molecule has 0 saturated carbocycles. The number of carbonyl (C=O) groups is 1. The maximum Gasteiger partial charge on any atom is 0.303 e. The van der Waals surface area contributed by atoms with E-state index in [0.717, 1.165) is 30.0 Å². The molecular weight excluding hydrogens is 404 g/mol. The van der Waals surface area contributed by atoms with Gasteiger partial charge in [0, 0.05) is 30.2 Å². The van der Waals surface area contributed by atoms with Gasteiger partial charge in [0.15, 0.2) is 0 Å². The van der Waals surface area contributed by atoms with E-state index in [2.05, 4.69) is 40.6 Å². The van der Waals surface area contributed by atoms with Gasteiger partial charge >= 0.3 is 5.97 Å². The molecule has 1 aromatic heterocycles. The molecule has 3 rings (SSSR count). The van der Waals surface area contributed by atoms with Crippen molar-refractivity contribution in [2.45, 2.75) is 35.7 Å². The lowest BCUT2D eigenvalue weighted by Gasteiger charge is -2.36. The maximum atomic E-state index is 10.9. The molecule has 2 aromatic rings. The van der Waals surface area contributed by atoms with E-state index >= 15 is 0 Å². The monoisotopic (exact) mass is 428 g/mol. The van der Waals surface area contributed by atoms with Gasteiger partial charge in [-0.05, 0) is 55.7 Å². The summed E-state index contributed by atoms with van der Waals surface area (Å²) in [4.78, 5) is 10.9. The molecule has 1 atom stereocenters. The third-order valence-electron chi connectivity index (χ3n) is 4.96. The minimum atomic E-state index is -0.795. The molecule has 0 bridgehead atoms. The predicted molar refractivity (Wildman–Crippen MR) is 118 cm³/mol. The number of hydrogen-bond acceptors (Lipinski definition) is 6. The van der Waals surface area contributed by atoms with Crippen LogP contribution >= 0.6 is 23.5 Å². The van der Waals surface area contributed by atoms with E-state index < -0.39 is 5.97 Å². The second-order valence-electron chi connectivity index (χ2n) is 6.73. The van der Waals surface area contributed by atoms with Crippen LogP contribution in [0.25, 0.3) is 0 Å². The van der Waals surface area contributed by atoms with Crippen molar-refractivity contribution in [1.82, 2.24) is 10.2 Å². The van der Waals surface area contributed by atoms with Gasteiger partial charge in [0.05, 0.1) is 22.3 Å². The third-order valence-corrected chi connectivity index (χ3v) is 8.13. The molecule has 152 valence electrons. The molecule has 29 heavy (non-hydrogen) atoms. The molecule has 1 aromatic carbocycles. The molecule has 0 spiro atoms. The van der Waals surface area contributed by atoms with E-state index in [0.29, 0.717) is 12.8 Å². The first-order valence-electron chi connectivity index (χ1n) is 9.46. The standard InChI is InChI=1S/C22H24N2O3S2/c1-28-22(29-2)12-14-27-20-11-9-16(15-18(20)22)8-10-17(5-3-7-21(25)26)19-6-4-13-23-24-19/h4,6,9,11,13,15,17H,3,5,7,12,14H2,1-2H3,(H,25,26). The smallest absolute Gasteiger partial charge is 0.303 e. The summed E-state index contributed by atoms with van der Waals surface area (Å²) in [6.45, 7) is 0.720. The van der Waals surface area contributed by atoms with Gasteiger partial charge in [-0.25, -0.2) is 0 Å². The number of aromatic nitrogens is 2. The number of benzene rings is 1. The Balaban J connectivity index is 1.88. The van der Waals surface area contributed by atoms with E-state index in [1.807, 2.05) is 47.8 Å². The van der Waals surface area contributed by atoms with Crippen LogP contribution in [0, 0.1) is 11.8 Å². The van der Waals surface area contributed by atoms with Crippen molar-refractivity contribution >= 4 is 29.5 Å². The fourth-order valence-electron chi connectivity index (χ4n) is 3.39. The van der Waals surface area contributed by atoms with Crippen LogP contribution in [0.2, 0.25) is 0 Å². The predicted octanol–water partition coefficient (Wildman–Crippen LogP) is 4.53. The van der Waals surface area contributed by atoms with Crippen molar-refractivity contribution in [3.05, 3.63) is 53.3 Å². The zero-order chi connectivity index (χ0) is 20.7. The summed E-state index contributed by atoms with van der Waals surface area (Å²) >= 11 is 3.68. The highest BCUT2D eigenvalue weighted by Gasteiger charge is 2.36. The normalized spacial score (nSPS) is 15.4. The van der Waals surface area contributed by atoms with Gasteiger partial charge in [-0.3, -0.25) is 4.79 Å². The van der Waals surface area contributed by atoms with Gasteiger partial charge in [-0.1, -0.05) is 11.8 Å². The van der Waals surface area contributed by atoms with Crippen LogP contribution in [0.5, 0.6) is 5.75 Å². The number of ether oxygens (including phenoxy) is 1. The Morgan fingerprint density at radius 3 is 2.86 bits per heavy atom. The quantitative estimate of drug-likeness (QED) is 0.513. The summed E-state index contributed by atoms with van der Waals surface area (Å²) in [6.07, 6.45) is 8.15. The fraction of sp³-hybridized carbons (Fsp3) is 0.409. The van der Waals surface area contributed by atoms with Crippen molar-refractivity contribution in [3.8, 4) is 17.6 Å². The van der Waals surface area contributed by atoms with E-state index in [1.165, 1.54) is 5.56 Å². The Hall–Kier alpha value is -2.17. The molecule has 0 fully saturated rings. The lowest BCUT2D eigenvalue weighted by molar-refractivity contribution is -0.137. The second kappa shape index (κ2) is 10.0. The minimum Gasteiger partial charge on any atom is -0.493 e. The molecule has 7 heteroatoms. The summed E-state index contributed by atoms with van der Waals surface area (Å²) in [7, 11) is 0. The highest BCUT2D eigenvalue weighted by Crippen LogP contribution is 2.52. The van der Waals surface area contributed by atoms with Crippen LogP contribution in [0.3, 0.4) is 0 Å². The van der Waals surface area contributed by atoms with Crippen molar-refractivity contribution in [2.75, 3.05) is 19.1 Å². The van der Waals surface area contributed by atoms with Crippen LogP contribution in [0.4, 0.5) is 0 Å². The average Bonchev–Trinajstić information content (AvgIpc) is 2.76. The first kappa shape index (κ1) is 21.5. The summed E-state index contributed by atoms with van der Waals surface area (Å²) in [5.74, 6) is 6.56. The first-order chi connectivity index (χ1) is 14.1. The Kier molecular flexibility index (Phi) is 7.45. The summed E-state index contributed by atoms with van der Waals surface area (Å²) < 4.78 is 5.84. The number of fused-ring (bicyclic) bond motifs is 1. The van der Waals surface area contributed by atoms with Gasteiger partial charge in [-0.15, -0.1) is 23.5 Å². The van der Waals surface area contributed by atoms with Crippen molar-refractivity contribution < 1.29 is 14.6 Å². The molecule has 0 aliphatic carbocycles. The fourth-order valence-corrected chi connectivity index (χ4v) is 5.39. The van der Waals surface area contributed by atoms with Gasteiger partial charge in [0.25, 0.3) is 0 Å². The van der Waals surface area contributed by atoms with Crippen LogP contribution in [0.15, 0.2) is 36.5 Å². The summed E-state index contributed by atoms with van der Waals surface area (Å²) in [6, 6.07) is 9.82. The van der Waals surface area contributed by atoms with Gasteiger partial charge in [-0.2, -0.15) is 10.2 Å². The molecule has 1 aliphatic rings. The van der Waals surface area contributed by atoms with Crippen molar-refractivity contribution in [2.24, 2.45) is 0 Å². The second-order valence-corrected chi connectivity index (χ2v) is 9.20. The van der Waals surface area contributed by atoms with E-state index in [1.54, 1.807) is 6.20 Å². The molecule has 5 nitrogen and oxygen atoms in total. The molecule has 0 radical (unpaired) electrons. The van der Waals surface area contributed by atoms with Crippen molar-refractivity contribution in [3.63, 3.8) is 0 Å². The number of nitrogens with zero attached hydrogens (tertiary/aromatic N) is 2. The summed E-state index contributed by atoms with van der Waals surface area (Å²) in [5, 5.41) is 17.1. The molecule has 0 saturated heterocycles. The number of rotatable bonds is 7. The third kappa shape index (κ3) is 5.26. The van der Waals surface area contributed by atoms with Crippen molar-refractivity contribution in [1.29, 1.82) is 0 Å². The highest BCUT2D eigenvalue weighted by atomic mass is 32.2. The molecule has 1 unspecified atom stereocenters. The molecular formula is C22H24N2O3S2. The van der Waals surface area contributed by atoms with Crippen LogP contribution in [-0.2, 0) is 8.87 Å². The Labute approximate surface area is 180 Å². The van der Waals surface area contributed by atoms with E-state index in [-0.39, 0.29) is 16.4 Å². The van der Waals surface area contributed by atoms with Crippen LogP contribution in [0.1, 0.15) is 48.4 Å². The number of thioether (sulfide) groups is 2. The number of hydrogen-bond donors (Lipinski definition) is 1. The van der Waals surface area contributed by atoms with Gasteiger partial charge in [0.1, 0.15) is 5.75 Å². The van der Waals surface area contributed by atoms with E-state index in [9.17, 15) is 4.79 Å². The number of carboxylic acid groups (broad SMARTS) is 1. The Morgan fingerprint density at radius 2 is 2.17 bits per heavy atom. The summed E-state index contributed by atoms with van der Waals surface area (Å²) in [5.41, 5.74) is 2.88. The molecule has 1 aliphatic heterocycles. The SMILES string of the molecule is CSC1(SC)CCOc2ccc(C#CC(CCCC(=O)O)c3cccnn3)cc21.